The molecule has 120 valence electrons. The highest BCUT2D eigenvalue weighted by molar-refractivity contribution is 7.80. The molecule has 2 aromatic rings. The number of nitrogens with one attached hydrogen (secondary N) is 2. The molecule has 0 aliphatic rings. The monoisotopic (exact) mass is 351 g/mol. The highest BCUT2D eigenvalue weighted by Gasteiger charge is 2.03. The smallest absolute Gasteiger partial charge is 0.187 e. The molecule has 0 heterocycles. The van der Waals surface area contributed by atoms with Gasteiger partial charge in [0.05, 0.1) is 18.3 Å². The third kappa shape index (κ3) is 5.19. The first kappa shape index (κ1) is 17.2. The zero-order valence-electron chi connectivity index (χ0n) is 12.3. The van der Waals surface area contributed by atoms with Crippen molar-refractivity contribution < 1.29 is 9.13 Å². The topological polar surface area (TPSA) is 45.6 Å². The highest BCUT2D eigenvalue weighted by Crippen LogP contribution is 2.16. The summed E-state index contributed by atoms with van der Waals surface area (Å²) in [5, 5.41) is 7.48. The lowest BCUT2D eigenvalue weighted by atomic mass is 10.2. The molecule has 0 radical (unpaired) electrons. The van der Waals surface area contributed by atoms with Gasteiger partial charge in [-0.1, -0.05) is 29.8 Å². The average Bonchev–Trinajstić information content (AvgIpc) is 2.56. The van der Waals surface area contributed by atoms with Crippen molar-refractivity contribution >= 4 is 35.1 Å². The van der Waals surface area contributed by atoms with Crippen LogP contribution in [0.4, 0.5) is 4.39 Å². The standard InChI is InChI=1S/C16H15ClFN3OS/c1-22-12-7-5-11(6-8-12)9-19-16(23)21-20-10-13-14(17)3-2-4-15(13)18/h2-8,10H,9H2,1H3,(H2,19,21,23)/b20-10-. The Morgan fingerprint density at radius 1 is 1.30 bits per heavy atom. The molecule has 0 aliphatic heterocycles. The molecule has 0 aromatic heterocycles. The van der Waals surface area contributed by atoms with Crippen molar-refractivity contribution in [1.29, 1.82) is 0 Å². The van der Waals surface area contributed by atoms with Gasteiger partial charge in [-0.15, -0.1) is 0 Å². The van der Waals surface area contributed by atoms with Crippen LogP contribution in [0.2, 0.25) is 5.02 Å². The Labute approximate surface area is 144 Å². The molecule has 23 heavy (non-hydrogen) atoms. The number of nitrogens with zero attached hydrogens (tertiary/aromatic N) is 1. The van der Waals surface area contributed by atoms with E-state index >= 15 is 0 Å². The van der Waals surface area contributed by atoms with Gasteiger partial charge >= 0.3 is 0 Å². The van der Waals surface area contributed by atoms with Gasteiger partial charge in [0.1, 0.15) is 11.6 Å². The van der Waals surface area contributed by atoms with E-state index in [4.69, 9.17) is 28.6 Å². The average molecular weight is 352 g/mol. The summed E-state index contributed by atoms with van der Waals surface area (Å²) in [6, 6.07) is 12.0. The summed E-state index contributed by atoms with van der Waals surface area (Å²) in [4.78, 5) is 0. The lowest BCUT2D eigenvalue weighted by molar-refractivity contribution is 0.414. The third-order valence-electron chi connectivity index (χ3n) is 2.97. The number of halogens is 2. The Morgan fingerprint density at radius 3 is 2.70 bits per heavy atom. The van der Waals surface area contributed by atoms with E-state index in [2.05, 4.69) is 15.8 Å². The maximum absolute atomic E-state index is 13.5. The second kappa shape index (κ2) is 8.45. The van der Waals surface area contributed by atoms with Crippen LogP contribution in [0.15, 0.2) is 47.6 Å². The number of rotatable bonds is 5. The van der Waals surface area contributed by atoms with E-state index in [9.17, 15) is 4.39 Å². The number of ether oxygens (including phenoxy) is 1. The zero-order valence-corrected chi connectivity index (χ0v) is 13.9. The van der Waals surface area contributed by atoms with E-state index < -0.39 is 5.82 Å². The van der Waals surface area contributed by atoms with E-state index in [-0.39, 0.29) is 10.6 Å². The van der Waals surface area contributed by atoms with Crippen LogP contribution in [-0.4, -0.2) is 18.4 Å². The van der Waals surface area contributed by atoms with Gasteiger partial charge in [-0.2, -0.15) is 5.10 Å². The van der Waals surface area contributed by atoms with Crippen LogP contribution in [0.5, 0.6) is 5.75 Å². The molecule has 4 nitrogen and oxygen atoms in total. The van der Waals surface area contributed by atoms with Crippen molar-refractivity contribution in [2.24, 2.45) is 5.10 Å². The molecular weight excluding hydrogens is 337 g/mol. The number of thiocarbonyl (C=S) groups is 1. The molecule has 2 N–H and O–H groups in total. The van der Waals surface area contributed by atoms with Crippen LogP contribution >= 0.6 is 23.8 Å². The number of methoxy groups -OCH3 is 1. The maximum Gasteiger partial charge on any atom is 0.187 e. The van der Waals surface area contributed by atoms with Crippen molar-refractivity contribution in [2.45, 2.75) is 6.54 Å². The van der Waals surface area contributed by atoms with Crippen LogP contribution in [-0.2, 0) is 6.54 Å². The summed E-state index contributed by atoms with van der Waals surface area (Å²) in [7, 11) is 1.62. The molecule has 0 saturated heterocycles. The summed E-state index contributed by atoms with van der Waals surface area (Å²) in [6.07, 6.45) is 1.29. The third-order valence-corrected chi connectivity index (χ3v) is 3.54. The SMILES string of the molecule is COc1ccc(CNC(=S)N/N=C\c2c(F)cccc2Cl)cc1. The van der Waals surface area contributed by atoms with Gasteiger partial charge in [0.2, 0.25) is 0 Å². The fourth-order valence-corrected chi connectivity index (χ4v) is 2.09. The van der Waals surface area contributed by atoms with Gasteiger partial charge in [0.25, 0.3) is 0 Å². The van der Waals surface area contributed by atoms with Gasteiger partial charge < -0.3 is 10.1 Å². The molecule has 2 rings (SSSR count). The molecule has 0 bridgehead atoms. The van der Waals surface area contributed by atoms with Crippen LogP contribution in [0.1, 0.15) is 11.1 Å². The largest absolute Gasteiger partial charge is 0.497 e. The lowest BCUT2D eigenvalue weighted by Gasteiger charge is -2.08. The summed E-state index contributed by atoms with van der Waals surface area (Å²) in [5.74, 6) is 0.348. The summed E-state index contributed by atoms with van der Waals surface area (Å²) >= 11 is 11.0. The van der Waals surface area contributed by atoms with Gasteiger partial charge in [-0.05, 0) is 42.0 Å². The molecule has 0 fully saturated rings. The maximum atomic E-state index is 13.5. The normalized spacial score (nSPS) is 10.6. The Hall–Kier alpha value is -2.18. The number of hydrogen-bond donors (Lipinski definition) is 2. The summed E-state index contributed by atoms with van der Waals surface area (Å²) in [6.45, 7) is 0.534. The van der Waals surface area contributed by atoms with E-state index in [0.717, 1.165) is 11.3 Å². The lowest BCUT2D eigenvalue weighted by Crippen LogP contribution is -2.31. The van der Waals surface area contributed by atoms with Crippen molar-refractivity contribution in [1.82, 2.24) is 10.7 Å². The van der Waals surface area contributed by atoms with Crippen molar-refractivity contribution in [3.63, 3.8) is 0 Å². The van der Waals surface area contributed by atoms with Crippen LogP contribution in [0.3, 0.4) is 0 Å². The predicted octanol–water partition coefficient (Wildman–Crippen LogP) is 3.49. The fourth-order valence-electron chi connectivity index (χ4n) is 1.75. The minimum Gasteiger partial charge on any atom is -0.497 e. The molecule has 0 spiro atoms. The number of benzene rings is 2. The molecule has 0 unspecified atom stereocenters. The molecule has 0 aliphatic carbocycles. The Balaban J connectivity index is 1.84. The minimum atomic E-state index is -0.444. The van der Waals surface area contributed by atoms with Gasteiger partial charge in [0.15, 0.2) is 5.11 Å². The molecule has 2 aromatic carbocycles. The van der Waals surface area contributed by atoms with Crippen molar-refractivity contribution in [3.05, 3.63) is 64.4 Å². The second-order valence-corrected chi connectivity index (χ2v) is 5.35. The van der Waals surface area contributed by atoms with Crippen LogP contribution in [0, 0.1) is 5.82 Å². The van der Waals surface area contributed by atoms with E-state index in [1.807, 2.05) is 24.3 Å². The highest BCUT2D eigenvalue weighted by atomic mass is 35.5. The first-order chi connectivity index (χ1) is 11.1. The number of hydrogen-bond acceptors (Lipinski definition) is 3. The second-order valence-electron chi connectivity index (χ2n) is 4.54. The number of hydrazone groups is 1. The molecule has 7 heteroatoms. The van der Waals surface area contributed by atoms with E-state index in [1.54, 1.807) is 13.2 Å². The first-order valence-electron chi connectivity index (χ1n) is 6.74. The zero-order chi connectivity index (χ0) is 16.7. The van der Waals surface area contributed by atoms with Crippen molar-refractivity contribution in [3.8, 4) is 5.75 Å². The van der Waals surface area contributed by atoms with Crippen molar-refractivity contribution in [2.75, 3.05) is 7.11 Å². The Morgan fingerprint density at radius 2 is 2.04 bits per heavy atom. The van der Waals surface area contributed by atoms with Gasteiger partial charge in [-0.3, -0.25) is 5.43 Å². The molecule has 0 saturated carbocycles. The summed E-state index contributed by atoms with van der Waals surface area (Å²) in [5.41, 5.74) is 3.86. The fraction of sp³-hybridized carbons (Fsp3) is 0.125. The van der Waals surface area contributed by atoms with Crippen LogP contribution < -0.4 is 15.5 Å². The minimum absolute atomic E-state index is 0.208. The predicted molar refractivity (Wildman–Crippen MR) is 94.6 cm³/mol. The van der Waals surface area contributed by atoms with E-state index in [1.165, 1.54) is 18.3 Å². The molecular formula is C16H15ClFN3OS. The van der Waals surface area contributed by atoms with E-state index in [0.29, 0.717) is 11.7 Å². The molecule has 0 amide bonds. The summed E-state index contributed by atoms with van der Waals surface area (Å²) < 4.78 is 18.6. The quantitative estimate of drug-likeness (QED) is 0.492. The Kier molecular flexibility index (Phi) is 6.31. The van der Waals surface area contributed by atoms with Gasteiger partial charge in [-0.25, -0.2) is 4.39 Å². The van der Waals surface area contributed by atoms with Gasteiger partial charge in [0, 0.05) is 12.1 Å². The first-order valence-corrected chi connectivity index (χ1v) is 7.52. The Bertz CT molecular complexity index is 687. The molecule has 0 atom stereocenters. The van der Waals surface area contributed by atoms with Crippen LogP contribution in [0.25, 0.3) is 0 Å².